The molecule has 0 saturated carbocycles. The average molecular weight is 265 g/mol. The van der Waals surface area contributed by atoms with Crippen LogP contribution in [-0.2, 0) is 8.23 Å². The van der Waals surface area contributed by atoms with Crippen LogP contribution in [0.1, 0.15) is 13.3 Å². The summed E-state index contributed by atoms with van der Waals surface area (Å²) in [6, 6.07) is 1.13. The number of hydrogen-bond donors (Lipinski definition) is 0. The number of rotatable bonds is 6. The van der Waals surface area contributed by atoms with Crippen molar-refractivity contribution in [1.82, 2.24) is 0 Å². The lowest BCUT2D eigenvalue weighted by Crippen LogP contribution is -2.52. The normalized spacial score (nSPS) is 14.4. The topological polar surface area (TPSA) is 18.5 Å². The van der Waals surface area contributed by atoms with Gasteiger partial charge in [-0.15, -0.1) is 0 Å². The van der Waals surface area contributed by atoms with E-state index in [4.69, 9.17) is 8.23 Å². The van der Waals surface area contributed by atoms with E-state index < -0.39 is 25.2 Å². The predicted molar refractivity (Wildman–Crippen MR) is 75.6 cm³/mol. The Kier molecular flexibility index (Phi) is 5.47. The molecule has 0 N–H and O–H groups in total. The van der Waals surface area contributed by atoms with Gasteiger partial charge in [0.1, 0.15) is 0 Å². The van der Waals surface area contributed by atoms with Crippen molar-refractivity contribution in [1.29, 1.82) is 0 Å². The van der Waals surface area contributed by atoms with Crippen LogP contribution in [0.3, 0.4) is 0 Å². The summed E-state index contributed by atoms with van der Waals surface area (Å²) in [5, 5.41) is 0. The standard InChI is InChI=1S/C10H28O2Si3/c1-9-10-15(8,11-13(2,3)4)12-14(5,6)7/h9-10H2,1-8H3. The van der Waals surface area contributed by atoms with E-state index in [0.717, 1.165) is 12.5 Å². The Labute approximate surface area is 98.9 Å². The van der Waals surface area contributed by atoms with Gasteiger partial charge in [0, 0.05) is 0 Å². The summed E-state index contributed by atoms with van der Waals surface area (Å²) < 4.78 is 12.7. The molecule has 0 atom stereocenters. The fourth-order valence-electron chi connectivity index (χ4n) is 1.87. The molecule has 0 unspecified atom stereocenters. The third kappa shape index (κ3) is 8.39. The lowest BCUT2D eigenvalue weighted by Gasteiger charge is -2.38. The van der Waals surface area contributed by atoms with E-state index in [1.807, 2.05) is 0 Å². The maximum absolute atomic E-state index is 6.33. The van der Waals surface area contributed by atoms with Crippen molar-refractivity contribution in [2.75, 3.05) is 0 Å². The molecule has 0 radical (unpaired) electrons. The average Bonchev–Trinajstić information content (AvgIpc) is 1.74. The number of hydrogen-bond acceptors (Lipinski definition) is 2. The van der Waals surface area contributed by atoms with Crippen LogP contribution in [0.25, 0.3) is 0 Å². The molecule has 0 spiro atoms. The van der Waals surface area contributed by atoms with Gasteiger partial charge < -0.3 is 8.23 Å². The molecule has 0 rings (SSSR count). The van der Waals surface area contributed by atoms with Gasteiger partial charge in [0.2, 0.25) is 0 Å². The van der Waals surface area contributed by atoms with E-state index in [0.29, 0.717) is 0 Å². The molecular formula is C10H28O2Si3. The van der Waals surface area contributed by atoms with Crippen molar-refractivity contribution in [3.05, 3.63) is 0 Å². The van der Waals surface area contributed by atoms with Crippen LogP contribution in [0.5, 0.6) is 0 Å². The van der Waals surface area contributed by atoms with Crippen molar-refractivity contribution in [2.24, 2.45) is 0 Å². The fourth-order valence-corrected chi connectivity index (χ4v) is 14.5. The maximum Gasteiger partial charge on any atom is 0.314 e. The third-order valence-corrected chi connectivity index (χ3v) is 11.5. The zero-order chi connectivity index (χ0) is 12.3. The van der Waals surface area contributed by atoms with Gasteiger partial charge in [-0.25, -0.2) is 0 Å². The van der Waals surface area contributed by atoms with Gasteiger partial charge in [0.05, 0.1) is 0 Å². The highest BCUT2D eigenvalue weighted by atomic mass is 28.5. The highest BCUT2D eigenvalue weighted by molar-refractivity contribution is 6.87. The molecule has 92 valence electrons. The van der Waals surface area contributed by atoms with Gasteiger partial charge >= 0.3 is 8.56 Å². The Morgan fingerprint density at radius 3 is 1.27 bits per heavy atom. The first-order valence-electron chi connectivity index (χ1n) is 5.88. The van der Waals surface area contributed by atoms with Gasteiger partial charge in [-0.05, 0) is 51.9 Å². The van der Waals surface area contributed by atoms with Crippen LogP contribution in [0.4, 0.5) is 0 Å². The Morgan fingerprint density at radius 2 is 1.07 bits per heavy atom. The molecule has 0 aliphatic heterocycles. The second kappa shape index (κ2) is 5.27. The molecule has 0 aromatic rings. The summed E-state index contributed by atoms with van der Waals surface area (Å²) in [6.45, 7) is 18.0. The minimum Gasteiger partial charge on any atom is -0.437 e. The van der Waals surface area contributed by atoms with Gasteiger partial charge in [0.25, 0.3) is 0 Å². The second-order valence-corrected chi connectivity index (χ2v) is 19.2. The van der Waals surface area contributed by atoms with Crippen molar-refractivity contribution < 1.29 is 8.23 Å². The van der Waals surface area contributed by atoms with Crippen molar-refractivity contribution in [3.8, 4) is 0 Å². The van der Waals surface area contributed by atoms with E-state index in [9.17, 15) is 0 Å². The van der Waals surface area contributed by atoms with E-state index in [1.165, 1.54) is 0 Å². The lowest BCUT2D eigenvalue weighted by atomic mass is 10.6. The summed E-state index contributed by atoms with van der Waals surface area (Å²) in [5.74, 6) is 0. The fraction of sp³-hybridized carbons (Fsp3) is 1.00. The van der Waals surface area contributed by atoms with Crippen LogP contribution >= 0.6 is 0 Å². The minimum atomic E-state index is -1.90. The lowest BCUT2D eigenvalue weighted by molar-refractivity contribution is 0.383. The van der Waals surface area contributed by atoms with Crippen LogP contribution in [0.2, 0.25) is 51.9 Å². The summed E-state index contributed by atoms with van der Waals surface area (Å²) in [4.78, 5) is 0. The maximum atomic E-state index is 6.33. The molecule has 0 aromatic carbocycles. The minimum absolute atomic E-state index is 1.13. The molecular weight excluding hydrogens is 236 g/mol. The third-order valence-electron chi connectivity index (χ3n) is 1.75. The summed E-state index contributed by atoms with van der Waals surface area (Å²) in [5.41, 5.74) is 0. The summed E-state index contributed by atoms with van der Waals surface area (Å²) in [6.07, 6.45) is 1.16. The summed E-state index contributed by atoms with van der Waals surface area (Å²) in [7, 11) is -4.84. The smallest absolute Gasteiger partial charge is 0.314 e. The molecule has 0 aliphatic carbocycles. The Hall–Kier alpha value is 0.571. The highest BCUT2D eigenvalue weighted by Crippen LogP contribution is 2.24. The molecule has 0 amide bonds. The molecule has 0 heterocycles. The molecule has 0 bridgehead atoms. The first-order valence-corrected chi connectivity index (χ1v) is 15.2. The van der Waals surface area contributed by atoms with E-state index in [2.05, 4.69) is 52.8 Å². The van der Waals surface area contributed by atoms with Crippen LogP contribution in [0, 0.1) is 0 Å². The molecule has 0 fully saturated rings. The van der Waals surface area contributed by atoms with E-state index in [1.54, 1.807) is 0 Å². The molecule has 0 aromatic heterocycles. The SMILES string of the molecule is CCC[Si](C)(O[Si](C)(C)C)O[Si](C)(C)C. The van der Waals surface area contributed by atoms with Crippen molar-refractivity contribution >= 4 is 25.2 Å². The zero-order valence-corrected chi connectivity index (χ0v) is 14.7. The summed E-state index contributed by atoms with van der Waals surface area (Å²) >= 11 is 0. The predicted octanol–water partition coefficient (Wildman–Crippen LogP) is 4.17. The van der Waals surface area contributed by atoms with Gasteiger partial charge in [-0.1, -0.05) is 13.3 Å². The Morgan fingerprint density at radius 1 is 0.733 bits per heavy atom. The molecule has 5 heteroatoms. The van der Waals surface area contributed by atoms with Gasteiger partial charge in [-0.3, -0.25) is 0 Å². The van der Waals surface area contributed by atoms with Gasteiger partial charge in [-0.2, -0.15) is 0 Å². The molecule has 2 nitrogen and oxygen atoms in total. The molecule has 15 heavy (non-hydrogen) atoms. The van der Waals surface area contributed by atoms with Gasteiger partial charge in [0.15, 0.2) is 16.6 Å². The van der Waals surface area contributed by atoms with E-state index >= 15 is 0 Å². The quantitative estimate of drug-likeness (QED) is 0.670. The first kappa shape index (κ1) is 15.6. The van der Waals surface area contributed by atoms with Crippen molar-refractivity contribution in [3.63, 3.8) is 0 Å². The van der Waals surface area contributed by atoms with Crippen LogP contribution in [-0.4, -0.2) is 25.2 Å². The Bertz CT molecular complexity index is 178. The molecule has 0 aliphatic rings. The van der Waals surface area contributed by atoms with Crippen LogP contribution < -0.4 is 0 Å². The monoisotopic (exact) mass is 264 g/mol. The first-order chi connectivity index (χ1) is 6.47. The van der Waals surface area contributed by atoms with Crippen LogP contribution in [0.15, 0.2) is 0 Å². The largest absolute Gasteiger partial charge is 0.437 e. The van der Waals surface area contributed by atoms with Crippen molar-refractivity contribution in [2.45, 2.75) is 65.2 Å². The molecule has 0 saturated heterocycles. The second-order valence-electron chi connectivity index (χ2n) is 6.31. The van der Waals surface area contributed by atoms with E-state index in [-0.39, 0.29) is 0 Å². The Balaban J connectivity index is 4.59. The zero-order valence-electron chi connectivity index (χ0n) is 11.7. The highest BCUT2D eigenvalue weighted by Gasteiger charge is 2.39.